The van der Waals surface area contributed by atoms with E-state index in [4.69, 9.17) is 4.74 Å². The van der Waals surface area contributed by atoms with Gasteiger partial charge in [0.1, 0.15) is 5.82 Å². The van der Waals surface area contributed by atoms with Gasteiger partial charge >= 0.3 is 6.03 Å². The van der Waals surface area contributed by atoms with Gasteiger partial charge in [0.2, 0.25) is 0 Å². The van der Waals surface area contributed by atoms with Gasteiger partial charge in [-0.1, -0.05) is 12.1 Å². The van der Waals surface area contributed by atoms with Crippen molar-refractivity contribution in [3.05, 3.63) is 35.6 Å². The first-order valence-electron chi connectivity index (χ1n) is 6.47. The van der Waals surface area contributed by atoms with Crippen molar-refractivity contribution in [2.45, 2.75) is 25.5 Å². The number of ether oxygens (including phenoxy) is 1. The lowest BCUT2D eigenvalue weighted by Crippen LogP contribution is -2.44. The number of carbonyl (C=O) groups excluding carboxylic acids is 1. The second-order valence-electron chi connectivity index (χ2n) is 4.70. The van der Waals surface area contributed by atoms with Crippen molar-refractivity contribution >= 4 is 6.03 Å². The Morgan fingerprint density at radius 2 is 2.25 bits per heavy atom. The molecule has 0 bridgehead atoms. The molecule has 0 aromatic heterocycles. The molecule has 2 unspecified atom stereocenters. The summed E-state index contributed by atoms with van der Waals surface area (Å²) in [6.45, 7) is 2.11. The van der Waals surface area contributed by atoms with Crippen molar-refractivity contribution < 1.29 is 19.0 Å². The third kappa shape index (κ3) is 6.49. The van der Waals surface area contributed by atoms with E-state index in [1.165, 1.54) is 19.2 Å². The fourth-order valence-corrected chi connectivity index (χ4v) is 1.81. The summed E-state index contributed by atoms with van der Waals surface area (Å²) >= 11 is 0. The standard InChI is InChI=1S/C14H21FN2O3/c1-10(6-11-4-3-5-12(15)7-11)17-14(19)16-8-13(18)9-20-2/h3-5,7,10,13,18H,6,8-9H2,1-2H3,(H2,16,17,19). The highest BCUT2D eigenvalue weighted by molar-refractivity contribution is 5.74. The van der Waals surface area contributed by atoms with Crippen molar-refractivity contribution in [2.75, 3.05) is 20.3 Å². The Balaban J connectivity index is 2.31. The van der Waals surface area contributed by atoms with Gasteiger partial charge in [-0.05, 0) is 31.0 Å². The third-order valence-electron chi connectivity index (χ3n) is 2.67. The maximum atomic E-state index is 13.0. The van der Waals surface area contributed by atoms with Crippen LogP contribution in [0.15, 0.2) is 24.3 Å². The van der Waals surface area contributed by atoms with Gasteiger partial charge in [-0.25, -0.2) is 9.18 Å². The van der Waals surface area contributed by atoms with Gasteiger partial charge in [0.15, 0.2) is 0 Å². The first kappa shape index (κ1) is 16.4. The van der Waals surface area contributed by atoms with Crippen molar-refractivity contribution in [3.8, 4) is 0 Å². The molecule has 0 aliphatic heterocycles. The molecule has 2 atom stereocenters. The predicted octanol–water partition coefficient (Wildman–Crippen LogP) is 1.06. The molecule has 0 fully saturated rings. The van der Waals surface area contributed by atoms with Crippen LogP contribution in [0.5, 0.6) is 0 Å². The summed E-state index contributed by atoms with van der Waals surface area (Å²) in [5, 5.41) is 14.7. The molecule has 112 valence electrons. The Bertz CT molecular complexity index is 429. The zero-order valence-corrected chi connectivity index (χ0v) is 11.7. The van der Waals surface area contributed by atoms with E-state index >= 15 is 0 Å². The van der Waals surface area contributed by atoms with Crippen molar-refractivity contribution in [1.29, 1.82) is 0 Å². The highest BCUT2D eigenvalue weighted by Crippen LogP contribution is 2.06. The Labute approximate surface area is 118 Å². The summed E-state index contributed by atoms with van der Waals surface area (Å²) in [6, 6.07) is 5.75. The summed E-state index contributed by atoms with van der Waals surface area (Å²) in [4.78, 5) is 11.6. The number of benzene rings is 1. The van der Waals surface area contributed by atoms with E-state index in [-0.39, 0.29) is 31.0 Å². The number of hydrogen-bond donors (Lipinski definition) is 3. The summed E-state index contributed by atoms with van der Waals surface area (Å²) in [7, 11) is 1.48. The number of halogens is 1. The van der Waals surface area contributed by atoms with E-state index in [0.29, 0.717) is 6.42 Å². The van der Waals surface area contributed by atoms with Crippen LogP contribution in [0.2, 0.25) is 0 Å². The smallest absolute Gasteiger partial charge is 0.315 e. The zero-order chi connectivity index (χ0) is 15.0. The van der Waals surface area contributed by atoms with Crippen LogP contribution in [-0.4, -0.2) is 43.5 Å². The maximum absolute atomic E-state index is 13.0. The number of amides is 2. The second-order valence-corrected chi connectivity index (χ2v) is 4.70. The highest BCUT2D eigenvalue weighted by atomic mass is 19.1. The Hall–Kier alpha value is -1.66. The molecule has 0 saturated heterocycles. The number of urea groups is 1. The highest BCUT2D eigenvalue weighted by Gasteiger charge is 2.10. The summed E-state index contributed by atoms with van der Waals surface area (Å²) < 4.78 is 17.8. The minimum Gasteiger partial charge on any atom is -0.389 e. The van der Waals surface area contributed by atoms with E-state index < -0.39 is 6.10 Å². The van der Waals surface area contributed by atoms with Crippen LogP contribution in [0.1, 0.15) is 12.5 Å². The molecule has 6 heteroatoms. The van der Waals surface area contributed by atoms with Crippen molar-refractivity contribution in [2.24, 2.45) is 0 Å². The molecule has 0 spiro atoms. The van der Waals surface area contributed by atoms with E-state index in [1.807, 2.05) is 13.0 Å². The third-order valence-corrected chi connectivity index (χ3v) is 2.67. The molecule has 1 rings (SSSR count). The Kier molecular flexibility index (Phi) is 6.97. The van der Waals surface area contributed by atoms with Gasteiger partial charge in [0.05, 0.1) is 12.7 Å². The van der Waals surface area contributed by atoms with Gasteiger partial charge in [-0.15, -0.1) is 0 Å². The lowest BCUT2D eigenvalue weighted by atomic mass is 10.1. The van der Waals surface area contributed by atoms with Crippen LogP contribution in [0.4, 0.5) is 9.18 Å². The van der Waals surface area contributed by atoms with E-state index in [1.54, 1.807) is 6.07 Å². The van der Waals surface area contributed by atoms with Crippen LogP contribution in [-0.2, 0) is 11.2 Å². The predicted molar refractivity (Wildman–Crippen MR) is 74.0 cm³/mol. The summed E-state index contributed by atoms with van der Waals surface area (Å²) in [5.74, 6) is -0.290. The molecule has 0 aliphatic carbocycles. The second kappa shape index (κ2) is 8.50. The van der Waals surface area contributed by atoms with Gasteiger partial charge in [-0.3, -0.25) is 0 Å². The summed E-state index contributed by atoms with van der Waals surface area (Å²) in [6.07, 6.45) is -0.199. The average molecular weight is 284 g/mol. The van der Waals surface area contributed by atoms with Crippen LogP contribution in [0.25, 0.3) is 0 Å². The first-order valence-corrected chi connectivity index (χ1v) is 6.47. The van der Waals surface area contributed by atoms with Gasteiger partial charge in [0.25, 0.3) is 0 Å². The molecule has 0 saturated carbocycles. The molecule has 3 N–H and O–H groups in total. The van der Waals surface area contributed by atoms with Gasteiger partial charge < -0.3 is 20.5 Å². The Morgan fingerprint density at radius 3 is 2.90 bits per heavy atom. The number of methoxy groups -OCH3 is 1. The number of aliphatic hydroxyl groups is 1. The average Bonchev–Trinajstić information content (AvgIpc) is 2.36. The topological polar surface area (TPSA) is 70.6 Å². The molecule has 1 aromatic carbocycles. The maximum Gasteiger partial charge on any atom is 0.315 e. The van der Waals surface area contributed by atoms with Crippen LogP contribution in [0.3, 0.4) is 0 Å². The van der Waals surface area contributed by atoms with Gasteiger partial charge in [0, 0.05) is 19.7 Å². The first-order chi connectivity index (χ1) is 9.51. The minimum atomic E-state index is -0.732. The number of rotatable bonds is 7. The number of aliphatic hydroxyl groups excluding tert-OH is 1. The normalized spacial score (nSPS) is 13.6. The monoisotopic (exact) mass is 284 g/mol. The molecular weight excluding hydrogens is 263 g/mol. The van der Waals surface area contributed by atoms with E-state index in [2.05, 4.69) is 10.6 Å². The summed E-state index contributed by atoms with van der Waals surface area (Å²) in [5.41, 5.74) is 0.817. The SMILES string of the molecule is COCC(O)CNC(=O)NC(C)Cc1cccc(F)c1. The fraction of sp³-hybridized carbons (Fsp3) is 0.500. The molecule has 0 radical (unpaired) electrons. The number of nitrogens with one attached hydrogen (secondary N) is 2. The van der Waals surface area contributed by atoms with Crippen LogP contribution >= 0.6 is 0 Å². The fourth-order valence-electron chi connectivity index (χ4n) is 1.81. The quantitative estimate of drug-likeness (QED) is 0.701. The van der Waals surface area contributed by atoms with Crippen molar-refractivity contribution in [3.63, 3.8) is 0 Å². The number of hydrogen-bond acceptors (Lipinski definition) is 3. The van der Waals surface area contributed by atoms with Gasteiger partial charge in [-0.2, -0.15) is 0 Å². The molecule has 0 aliphatic rings. The Morgan fingerprint density at radius 1 is 1.50 bits per heavy atom. The van der Waals surface area contributed by atoms with Crippen LogP contribution < -0.4 is 10.6 Å². The minimum absolute atomic E-state index is 0.117. The molecule has 2 amide bonds. The van der Waals surface area contributed by atoms with Crippen LogP contribution in [0, 0.1) is 5.82 Å². The van der Waals surface area contributed by atoms with Crippen molar-refractivity contribution in [1.82, 2.24) is 10.6 Å². The molecule has 1 aromatic rings. The molecule has 20 heavy (non-hydrogen) atoms. The number of carbonyl (C=O) groups is 1. The lowest BCUT2D eigenvalue weighted by molar-refractivity contribution is 0.0659. The molecule has 0 heterocycles. The zero-order valence-electron chi connectivity index (χ0n) is 11.7. The van der Waals surface area contributed by atoms with E-state index in [9.17, 15) is 14.3 Å². The molecule has 5 nitrogen and oxygen atoms in total. The van der Waals surface area contributed by atoms with E-state index in [0.717, 1.165) is 5.56 Å². The largest absolute Gasteiger partial charge is 0.389 e. The lowest BCUT2D eigenvalue weighted by Gasteiger charge is -2.16. The molecular formula is C14H21FN2O3.